The fraction of sp³-hybridized carbons (Fsp3) is 0.0500. The highest BCUT2D eigenvalue weighted by molar-refractivity contribution is 7.99. The summed E-state index contributed by atoms with van der Waals surface area (Å²) >= 11 is 1.63. The molecule has 1 atom stereocenters. The number of thioether (sulfide) groups is 1. The van der Waals surface area contributed by atoms with Gasteiger partial charge in [0.1, 0.15) is 11.2 Å². The first-order chi connectivity index (χ1) is 11.7. The van der Waals surface area contributed by atoms with E-state index in [1.807, 2.05) is 54.6 Å². The van der Waals surface area contributed by atoms with Crippen molar-refractivity contribution < 1.29 is 9.18 Å². The number of amides is 1. The largest absolute Gasteiger partial charge is 0.291 e. The summed E-state index contributed by atoms with van der Waals surface area (Å²) in [5.41, 5.74) is 2.41. The fourth-order valence-corrected chi connectivity index (χ4v) is 4.14. The number of benzene rings is 3. The highest BCUT2D eigenvalue weighted by atomic mass is 32.2. The minimum absolute atomic E-state index is 0.0650. The Balaban J connectivity index is 1.86. The molecule has 4 rings (SSSR count). The fourth-order valence-electron chi connectivity index (χ4n) is 2.84. The van der Waals surface area contributed by atoms with Gasteiger partial charge in [-0.2, -0.15) is 0 Å². The molecule has 3 aromatic carbocycles. The first-order valence-electron chi connectivity index (χ1n) is 7.64. The van der Waals surface area contributed by atoms with E-state index in [0.717, 1.165) is 10.5 Å². The number of carbonyl (C=O) groups excluding carboxylic acids is 1. The van der Waals surface area contributed by atoms with E-state index in [0.29, 0.717) is 11.3 Å². The standard InChI is InChI=1S/C20H14FNOS/c21-15-10-12-16(13-11-15)22-19(23)17-8-4-5-9-18(17)24-20(22)14-6-2-1-3-7-14/h1-13,20H. The Morgan fingerprint density at radius 3 is 2.25 bits per heavy atom. The molecule has 1 aliphatic rings. The molecule has 0 N–H and O–H groups in total. The van der Waals surface area contributed by atoms with Crippen molar-refractivity contribution in [1.82, 2.24) is 0 Å². The quantitative estimate of drug-likeness (QED) is 0.635. The van der Waals surface area contributed by atoms with Crippen molar-refractivity contribution in [2.75, 3.05) is 4.90 Å². The summed E-state index contributed by atoms with van der Waals surface area (Å²) in [6.07, 6.45) is 0. The van der Waals surface area contributed by atoms with Crippen LogP contribution in [0.15, 0.2) is 83.8 Å². The zero-order valence-electron chi connectivity index (χ0n) is 12.7. The Morgan fingerprint density at radius 2 is 1.50 bits per heavy atom. The Kier molecular flexibility index (Phi) is 3.82. The van der Waals surface area contributed by atoms with Crippen LogP contribution in [0.1, 0.15) is 21.3 Å². The minimum Gasteiger partial charge on any atom is -0.291 e. The summed E-state index contributed by atoms with van der Waals surface area (Å²) in [5, 5.41) is -0.181. The summed E-state index contributed by atoms with van der Waals surface area (Å²) in [6, 6.07) is 23.6. The lowest BCUT2D eigenvalue weighted by atomic mass is 10.1. The molecule has 118 valence electrons. The number of fused-ring (bicyclic) bond motifs is 1. The monoisotopic (exact) mass is 335 g/mol. The molecule has 0 radical (unpaired) electrons. The molecule has 0 saturated heterocycles. The molecule has 0 spiro atoms. The molecule has 1 unspecified atom stereocenters. The summed E-state index contributed by atoms with van der Waals surface area (Å²) in [4.78, 5) is 15.8. The van der Waals surface area contributed by atoms with Gasteiger partial charge in [0.25, 0.3) is 5.91 Å². The van der Waals surface area contributed by atoms with Gasteiger partial charge in [0.2, 0.25) is 0 Å². The number of halogens is 1. The van der Waals surface area contributed by atoms with Crippen molar-refractivity contribution in [3.05, 3.63) is 95.8 Å². The van der Waals surface area contributed by atoms with E-state index in [4.69, 9.17) is 0 Å². The summed E-state index contributed by atoms with van der Waals surface area (Å²) in [7, 11) is 0. The van der Waals surface area contributed by atoms with Crippen molar-refractivity contribution in [3.8, 4) is 0 Å². The normalized spacial score (nSPS) is 16.8. The average molecular weight is 335 g/mol. The van der Waals surface area contributed by atoms with E-state index in [1.54, 1.807) is 28.8 Å². The van der Waals surface area contributed by atoms with Crippen molar-refractivity contribution in [1.29, 1.82) is 0 Å². The lowest BCUT2D eigenvalue weighted by Gasteiger charge is -2.36. The van der Waals surface area contributed by atoms with Crippen LogP contribution in [0.25, 0.3) is 0 Å². The molecule has 24 heavy (non-hydrogen) atoms. The summed E-state index contributed by atoms with van der Waals surface area (Å²) in [5.74, 6) is -0.377. The molecular formula is C20H14FNOS. The predicted octanol–water partition coefficient (Wildman–Crippen LogP) is 5.28. The van der Waals surface area contributed by atoms with Gasteiger partial charge in [-0.15, -0.1) is 0 Å². The topological polar surface area (TPSA) is 20.3 Å². The lowest BCUT2D eigenvalue weighted by Crippen LogP contribution is -2.36. The van der Waals surface area contributed by atoms with Crippen LogP contribution in [-0.4, -0.2) is 5.91 Å². The van der Waals surface area contributed by atoms with Gasteiger partial charge in [0.05, 0.1) is 5.56 Å². The van der Waals surface area contributed by atoms with Gasteiger partial charge in [0.15, 0.2) is 0 Å². The molecule has 0 aliphatic carbocycles. The van der Waals surface area contributed by atoms with E-state index < -0.39 is 0 Å². The number of hydrogen-bond donors (Lipinski definition) is 0. The Bertz CT molecular complexity index is 880. The molecule has 0 aromatic heterocycles. The Morgan fingerprint density at radius 1 is 0.833 bits per heavy atom. The van der Waals surface area contributed by atoms with E-state index in [1.165, 1.54) is 12.1 Å². The third kappa shape index (κ3) is 2.59. The molecule has 1 heterocycles. The third-order valence-electron chi connectivity index (χ3n) is 4.00. The second kappa shape index (κ2) is 6.13. The van der Waals surface area contributed by atoms with Crippen LogP contribution >= 0.6 is 11.8 Å². The smallest absolute Gasteiger partial charge is 0.260 e. The van der Waals surface area contributed by atoms with Crippen LogP contribution < -0.4 is 4.90 Å². The van der Waals surface area contributed by atoms with Gasteiger partial charge in [-0.3, -0.25) is 9.69 Å². The van der Waals surface area contributed by atoms with Gasteiger partial charge < -0.3 is 0 Å². The van der Waals surface area contributed by atoms with Crippen LogP contribution in [0.4, 0.5) is 10.1 Å². The number of anilines is 1. The van der Waals surface area contributed by atoms with Crippen LogP contribution in [0.2, 0.25) is 0 Å². The van der Waals surface area contributed by atoms with Crippen LogP contribution in [0, 0.1) is 5.82 Å². The Labute approximate surface area is 143 Å². The summed E-state index contributed by atoms with van der Waals surface area (Å²) in [6.45, 7) is 0. The second-order valence-electron chi connectivity index (χ2n) is 5.53. The first-order valence-corrected chi connectivity index (χ1v) is 8.52. The van der Waals surface area contributed by atoms with Gasteiger partial charge in [-0.1, -0.05) is 54.2 Å². The maximum absolute atomic E-state index is 13.3. The van der Waals surface area contributed by atoms with Crippen molar-refractivity contribution in [2.45, 2.75) is 10.3 Å². The Hall–Kier alpha value is -2.59. The predicted molar refractivity (Wildman–Crippen MR) is 94.7 cm³/mol. The maximum atomic E-state index is 13.3. The van der Waals surface area contributed by atoms with Gasteiger partial charge in [-0.05, 0) is 42.0 Å². The van der Waals surface area contributed by atoms with Crippen molar-refractivity contribution in [2.24, 2.45) is 0 Å². The van der Waals surface area contributed by atoms with E-state index in [2.05, 4.69) is 0 Å². The van der Waals surface area contributed by atoms with Gasteiger partial charge >= 0.3 is 0 Å². The molecule has 1 amide bonds. The zero-order chi connectivity index (χ0) is 16.5. The number of rotatable bonds is 2. The summed E-state index contributed by atoms with van der Waals surface area (Å²) < 4.78 is 13.3. The average Bonchev–Trinajstić information content (AvgIpc) is 2.63. The molecule has 3 aromatic rings. The van der Waals surface area contributed by atoms with Crippen LogP contribution in [0.3, 0.4) is 0 Å². The number of hydrogen-bond acceptors (Lipinski definition) is 2. The van der Waals surface area contributed by atoms with E-state index in [9.17, 15) is 9.18 Å². The first kappa shape index (κ1) is 15.0. The van der Waals surface area contributed by atoms with Crippen molar-refractivity contribution in [3.63, 3.8) is 0 Å². The minimum atomic E-state index is -0.312. The highest BCUT2D eigenvalue weighted by Crippen LogP contribution is 2.46. The molecule has 2 nitrogen and oxygen atoms in total. The van der Waals surface area contributed by atoms with Gasteiger partial charge in [-0.25, -0.2) is 4.39 Å². The van der Waals surface area contributed by atoms with Crippen LogP contribution in [-0.2, 0) is 0 Å². The maximum Gasteiger partial charge on any atom is 0.260 e. The molecule has 0 bridgehead atoms. The molecule has 0 saturated carbocycles. The third-order valence-corrected chi connectivity index (χ3v) is 5.32. The van der Waals surface area contributed by atoms with E-state index >= 15 is 0 Å². The number of carbonyl (C=O) groups is 1. The molecule has 1 aliphatic heterocycles. The molecule has 4 heteroatoms. The highest BCUT2D eigenvalue weighted by Gasteiger charge is 2.34. The SMILES string of the molecule is O=C1c2ccccc2SC(c2ccccc2)N1c1ccc(F)cc1. The van der Waals surface area contributed by atoms with E-state index in [-0.39, 0.29) is 17.1 Å². The molecule has 0 fully saturated rings. The number of nitrogens with zero attached hydrogens (tertiary/aromatic N) is 1. The van der Waals surface area contributed by atoms with Gasteiger partial charge in [0, 0.05) is 10.6 Å². The second-order valence-corrected chi connectivity index (χ2v) is 6.65. The zero-order valence-corrected chi connectivity index (χ0v) is 13.5. The van der Waals surface area contributed by atoms with Crippen molar-refractivity contribution >= 4 is 23.4 Å². The molecular weight excluding hydrogens is 321 g/mol. The lowest BCUT2D eigenvalue weighted by molar-refractivity contribution is 0.0979. The van der Waals surface area contributed by atoms with Crippen LogP contribution in [0.5, 0.6) is 0 Å².